The zero-order valence-corrected chi connectivity index (χ0v) is 16.8. The summed E-state index contributed by atoms with van der Waals surface area (Å²) in [6.07, 6.45) is -5.56. The summed E-state index contributed by atoms with van der Waals surface area (Å²) in [4.78, 5) is 25.6. The van der Waals surface area contributed by atoms with E-state index in [4.69, 9.17) is 13.9 Å². The maximum Gasteiger partial charge on any atom is 0.456 e. The summed E-state index contributed by atoms with van der Waals surface area (Å²) in [6, 6.07) is 6.59. The highest BCUT2D eigenvalue weighted by atomic mass is 19.4. The molecule has 1 aliphatic rings. The molecule has 4 rings (SSSR count). The topological polar surface area (TPSA) is 86.0 Å². The highest BCUT2D eigenvalue weighted by Gasteiger charge is 2.69. The van der Waals surface area contributed by atoms with Crippen LogP contribution in [0.1, 0.15) is 24.0 Å². The Balaban J connectivity index is 2.13. The monoisotopic (exact) mass is 470 g/mol. The molecule has 33 heavy (non-hydrogen) atoms. The molecule has 2 heterocycles. The minimum Gasteiger partial charge on any atom is -0.466 e. The molecule has 1 aromatic heterocycles. The maximum atomic E-state index is 14.2. The van der Waals surface area contributed by atoms with E-state index in [-0.39, 0.29) is 23.1 Å². The SMILES string of the molecule is CCOC(=O)C1C(c2ccc(F)cc2)c2c(c3cc(F)ccc3oc2=O)OC1(O)C(F)(F)F. The van der Waals surface area contributed by atoms with E-state index in [1.165, 1.54) is 6.92 Å². The van der Waals surface area contributed by atoms with Crippen LogP contribution in [0.25, 0.3) is 11.0 Å². The molecule has 0 bridgehead atoms. The number of benzene rings is 2. The van der Waals surface area contributed by atoms with Crippen molar-refractivity contribution in [2.45, 2.75) is 24.8 Å². The molecule has 0 saturated heterocycles. The van der Waals surface area contributed by atoms with E-state index in [1.54, 1.807) is 0 Å². The van der Waals surface area contributed by atoms with Gasteiger partial charge in [0.05, 0.1) is 17.6 Å². The summed E-state index contributed by atoms with van der Waals surface area (Å²) in [5.41, 5.74) is -2.20. The molecular weight excluding hydrogens is 455 g/mol. The van der Waals surface area contributed by atoms with Crippen molar-refractivity contribution in [1.82, 2.24) is 0 Å². The molecule has 3 unspecified atom stereocenters. The molecule has 2 aromatic carbocycles. The van der Waals surface area contributed by atoms with Gasteiger partial charge in [0.1, 0.15) is 28.9 Å². The predicted octanol–water partition coefficient (Wildman–Crippen LogP) is 4.03. The van der Waals surface area contributed by atoms with E-state index in [0.717, 1.165) is 42.5 Å². The molecule has 0 amide bonds. The van der Waals surface area contributed by atoms with Crippen molar-refractivity contribution in [1.29, 1.82) is 0 Å². The number of carbonyl (C=O) groups is 1. The lowest BCUT2D eigenvalue weighted by atomic mass is 9.74. The number of alkyl halides is 3. The van der Waals surface area contributed by atoms with Crippen LogP contribution < -0.4 is 10.4 Å². The van der Waals surface area contributed by atoms with Crippen molar-refractivity contribution < 1.29 is 45.7 Å². The van der Waals surface area contributed by atoms with Crippen molar-refractivity contribution in [2.24, 2.45) is 5.92 Å². The Bertz CT molecular complexity index is 1280. The molecule has 6 nitrogen and oxygen atoms in total. The van der Waals surface area contributed by atoms with Gasteiger partial charge in [-0.25, -0.2) is 13.6 Å². The van der Waals surface area contributed by atoms with Crippen molar-refractivity contribution in [3.8, 4) is 5.75 Å². The maximum absolute atomic E-state index is 14.2. The second-order valence-electron chi connectivity index (χ2n) is 7.33. The number of hydrogen-bond acceptors (Lipinski definition) is 6. The highest BCUT2D eigenvalue weighted by molar-refractivity contribution is 5.87. The van der Waals surface area contributed by atoms with E-state index in [0.29, 0.717) is 0 Å². The van der Waals surface area contributed by atoms with Crippen molar-refractivity contribution in [3.05, 3.63) is 75.6 Å². The lowest BCUT2D eigenvalue weighted by Crippen LogP contribution is -2.62. The van der Waals surface area contributed by atoms with Crippen LogP contribution in [-0.4, -0.2) is 29.6 Å². The number of fused-ring (bicyclic) bond motifs is 3. The van der Waals surface area contributed by atoms with Crippen LogP contribution in [0.3, 0.4) is 0 Å². The summed E-state index contributed by atoms with van der Waals surface area (Å²) in [7, 11) is 0. The van der Waals surface area contributed by atoms with Crippen molar-refractivity contribution in [3.63, 3.8) is 0 Å². The van der Waals surface area contributed by atoms with Crippen molar-refractivity contribution in [2.75, 3.05) is 6.61 Å². The Morgan fingerprint density at radius 1 is 1.12 bits per heavy atom. The summed E-state index contributed by atoms with van der Waals surface area (Å²) in [5.74, 6) is -12.5. The van der Waals surface area contributed by atoms with Crippen LogP contribution >= 0.6 is 0 Å². The molecule has 11 heteroatoms. The fourth-order valence-corrected chi connectivity index (χ4v) is 3.94. The molecule has 0 radical (unpaired) electrons. The van der Waals surface area contributed by atoms with Crippen LogP contribution in [-0.2, 0) is 9.53 Å². The minimum absolute atomic E-state index is 0.135. The first-order valence-electron chi connectivity index (χ1n) is 9.64. The molecule has 0 fully saturated rings. The standard InChI is InChI=1S/C22H15F5O6/c1-2-31-20(29)17-15(10-3-5-11(23)6-4-10)16-18(33-21(17,30)22(25,26)27)13-9-12(24)7-8-14(13)32-19(16)28/h3-9,15,17,30H,2H2,1H3. The van der Waals surface area contributed by atoms with Gasteiger partial charge >= 0.3 is 23.6 Å². The summed E-state index contributed by atoms with van der Waals surface area (Å²) < 4.78 is 84.8. The fraction of sp³-hybridized carbons (Fsp3) is 0.273. The van der Waals surface area contributed by atoms with Gasteiger partial charge in [0.25, 0.3) is 0 Å². The first-order valence-corrected chi connectivity index (χ1v) is 9.64. The normalized spacial score (nSPS) is 22.5. The highest BCUT2D eigenvalue weighted by Crippen LogP contribution is 2.53. The third-order valence-corrected chi connectivity index (χ3v) is 5.35. The Morgan fingerprint density at radius 2 is 1.76 bits per heavy atom. The summed E-state index contributed by atoms with van der Waals surface area (Å²) in [6.45, 7) is 0.990. The summed E-state index contributed by atoms with van der Waals surface area (Å²) in [5, 5.41) is 10.4. The van der Waals surface area contributed by atoms with Gasteiger partial charge in [-0.2, -0.15) is 13.2 Å². The van der Waals surface area contributed by atoms with Crippen LogP contribution in [0.15, 0.2) is 51.7 Å². The molecule has 3 atom stereocenters. The van der Waals surface area contributed by atoms with E-state index >= 15 is 0 Å². The number of esters is 1. The predicted molar refractivity (Wildman–Crippen MR) is 102 cm³/mol. The quantitative estimate of drug-likeness (QED) is 0.354. The van der Waals surface area contributed by atoms with Gasteiger partial charge in [0.15, 0.2) is 0 Å². The number of aliphatic hydroxyl groups is 1. The van der Waals surface area contributed by atoms with Crippen LogP contribution in [0.4, 0.5) is 22.0 Å². The molecule has 0 spiro atoms. The van der Waals surface area contributed by atoms with E-state index in [2.05, 4.69) is 0 Å². The van der Waals surface area contributed by atoms with Gasteiger partial charge in [-0.1, -0.05) is 12.1 Å². The zero-order valence-electron chi connectivity index (χ0n) is 16.8. The van der Waals surface area contributed by atoms with Gasteiger partial charge < -0.3 is 19.0 Å². The Labute approximate surface area is 182 Å². The second-order valence-corrected chi connectivity index (χ2v) is 7.33. The fourth-order valence-electron chi connectivity index (χ4n) is 3.94. The van der Waals surface area contributed by atoms with Gasteiger partial charge in [0.2, 0.25) is 0 Å². The number of halogens is 5. The molecule has 1 aliphatic heterocycles. The van der Waals surface area contributed by atoms with Gasteiger partial charge in [-0.05, 0) is 42.8 Å². The average molecular weight is 470 g/mol. The lowest BCUT2D eigenvalue weighted by Gasteiger charge is -2.43. The van der Waals surface area contributed by atoms with Gasteiger partial charge in [-0.3, -0.25) is 4.79 Å². The number of rotatable bonds is 3. The van der Waals surface area contributed by atoms with E-state index in [1.807, 2.05) is 0 Å². The second kappa shape index (κ2) is 7.84. The van der Waals surface area contributed by atoms with Crippen LogP contribution in [0.2, 0.25) is 0 Å². The number of ether oxygens (including phenoxy) is 2. The molecule has 0 saturated carbocycles. The molecule has 1 N–H and O–H groups in total. The molecule has 0 aliphatic carbocycles. The van der Waals surface area contributed by atoms with Crippen molar-refractivity contribution >= 4 is 16.9 Å². The van der Waals surface area contributed by atoms with Crippen LogP contribution in [0.5, 0.6) is 5.75 Å². The minimum atomic E-state index is -5.56. The molecular formula is C22H15F5O6. The first kappa shape index (κ1) is 22.7. The Hall–Kier alpha value is -3.47. The first-order chi connectivity index (χ1) is 15.5. The van der Waals surface area contributed by atoms with Crippen LogP contribution in [0, 0.1) is 17.6 Å². The average Bonchev–Trinajstić information content (AvgIpc) is 2.73. The van der Waals surface area contributed by atoms with E-state index in [9.17, 15) is 36.6 Å². The third kappa shape index (κ3) is 3.62. The number of carbonyl (C=O) groups excluding carboxylic acids is 1. The number of hydrogen-bond donors (Lipinski definition) is 1. The zero-order chi connectivity index (χ0) is 24.1. The summed E-state index contributed by atoms with van der Waals surface area (Å²) >= 11 is 0. The van der Waals surface area contributed by atoms with E-state index < -0.39 is 58.3 Å². The van der Waals surface area contributed by atoms with Gasteiger partial charge in [0, 0.05) is 5.92 Å². The Kier molecular flexibility index (Phi) is 5.39. The smallest absolute Gasteiger partial charge is 0.456 e. The Morgan fingerprint density at radius 3 is 2.36 bits per heavy atom. The largest absolute Gasteiger partial charge is 0.466 e. The van der Waals surface area contributed by atoms with Gasteiger partial charge in [-0.15, -0.1) is 0 Å². The molecule has 174 valence electrons. The third-order valence-electron chi connectivity index (χ3n) is 5.35. The lowest BCUT2D eigenvalue weighted by molar-refractivity contribution is -0.358. The molecule has 3 aromatic rings.